The number of thiophene rings is 1. The van der Waals surface area contributed by atoms with Crippen LogP contribution in [0.1, 0.15) is 42.9 Å². The van der Waals surface area contributed by atoms with E-state index in [4.69, 9.17) is 10.7 Å². The van der Waals surface area contributed by atoms with Crippen molar-refractivity contribution >= 4 is 57.2 Å². The summed E-state index contributed by atoms with van der Waals surface area (Å²) in [6, 6.07) is 4.74. The number of halogens is 2. The Balaban J connectivity index is 0.00000147. The molecule has 20 heavy (non-hydrogen) atoms. The lowest BCUT2D eigenvalue weighted by Crippen LogP contribution is -2.38. The number of rotatable bonds is 2. The fourth-order valence-electron chi connectivity index (χ4n) is 2.71. The number of aliphatic imine (C=N–C) groups is 1. The van der Waals surface area contributed by atoms with E-state index in [-0.39, 0.29) is 24.0 Å². The third kappa shape index (κ3) is 4.10. The molecule has 0 amide bonds. The summed E-state index contributed by atoms with van der Waals surface area (Å²) in [5, 5.41) is 0. The zero-order valence-corrected chi connectivity index (χ0v) is 16.2. The van der Waals surface area contributed by atoms with Crippen molar-refractivity contribution < 1.29 is 0 Å². The van der Waals surface area contributed by atoms with Crippen LogP contribution in [-0.2, 0) is 0 Å². The molecule has 1 aromatic heterocycles. The molecule has 0 bridgehead atoms. The number of nitrogens with zero attached hydrogens (tertiary/aromatic N) is 2. The summed E-state index contributed by atoms with van der Waals surface area (Å²) >= 11 is 5.34. The summed E-state index contributed by atoms with van der Waals surface area (Å²) in [6.07, 6.45) is 6.32. The molecular formula is C14H21BrIN3S. The van der Waals surface area contributed by atoms with Gasteiger partial charge in [0, 0.05) is 23.9 Å². The number of guanidine groups is 1. The average molecular weight is 470 g/mol. The molecular weight excluding hydrogens is 449 g/mol. The van der Waals surface area contributed by atoms with Crippen LogP contribution in [0.5, 0.6) is 0 Å². The van der Waals surface area contributed by atoms with Crippen LogP contribution < -0.4 is 5.73 Å². The van der Waals surface area contributed by atoms with E-state index in [1.807, 2.05) is 11.3 Å². The lowest BCUT2D eigenvalue weighted by atomic mass is 10.2. The summed E-state index contributed by atoms with van der Waals surface area (Å²) in [5.41, 5.74) is 6.17. The maximum absolute atomic E-state index is 6.17. The van der Waals surface area contributed by atoms with Gasteiger partial charge in [-0.05, 0) is 47.3 Å². The zero-order chi connectivity index (χ0) is 13.2. The second-order valence-electron chi connectivity index (χ2n) is 5.44. The molecule has 1 aromatic rings. The van der Waals surface area contributed by atoms with Gasteiger partial charge in [-0.2, -0.15) is 0 Å². The van der Waals surface area contributed by atoms with Gasteiger partial charge in [0.15, 0.2) is 5.96 Å². The van der Waals surface area contributed by atoms with Gasteiger partial charge in [0.2, 0.25) is 0 Å². The van der Waals surface area contributed by atoms with Gasteiger partial charge in [0.1, 0.15) is 0 Å². The highest BCUT2D eigenvalue weighted by molar-refractivity contribution is 14.0. The first kappa shape index (κ1) is 16.5. The van der Waals surface area contributed by atoms with Gasteiger partial charge in [-0.15, -0.1) is 35.3 Å². The van der Waals surface area contributed by atoms with Crippen LogP contribution in [-0.4, -0.2) is 30.0 Å². The van der Waals surface area contributed by atoms with Crippen LogP contribution in [0.25, 0.3) is 0 Å². The smallest absolute Gasteiger partial charge is 0.191 e. The lowest BCUT2D eigenvalue weighted by Gasteiger charge is -2.21. The summed E-state index contributed by atoms with van der Waals surface area (Å²) in [6.45, 7) is 2.16. The fraction of sp³-hybridized carbons (Fsp3) is 0.643. The SMILES string of the molecule is I.NC(=N[C@@H]1C[C@H]1c1ccc(Br)s1)N1CCCCCC1. The molecule has 1 saturated carbocycles. The molecule has 1 aliphatic carbocycles. The lowest BCUT2D eigenvalue weighted by molar-refractivity contribution is 0.428. The van der Waals surface area contributed by atoms with Crippen molar-refractivity contribution in [3.63, 3.8) is 0 Å². The number of nitrogens with two attached hydrogens (primary N) is 1. The van der Waals surface area contributed by atoms with Gasteiger partial charge in [-0.25, -0.2) is 4.99 Å². The second-order valence-corrected chi connectivity index (χ2v) is 7.93. The number of likely N-dealkylation sites (tertiary alicyclic amines) is 1. The molecule has 1 aliphatic heterocycles. The van der Waals surface area contributed by atoms with Gasteiger partial charge >= 0.3 is 0 Å². The first-order chi connectivity index (χ1) is 9.24. The highest BCUT2D eigenvalue weighted by atomic mass is 127. The van der Waals surface area contributed by atoms with Gasteiger partial charge in [0.05, 0.1) is 9.83 Å². The fourth-order valence-corrected chi connectivity index (χ4v) is 4.30. The van der Waals surface area contributed by atoms with Gasteiger partial charge < -0.3 is 10.6 Å². The monoisotopic (exact) mass is 469 g/mol. The predicted molar refractivity (Wildman–Crippen MR) is 100 cm³/mol. The van der Waals surface area contributed by atoms with Crippen molar-refractivity contribution in [3.8, 4) is 0 Å². The Morgan fingerprint density at radius 1 is 1.25 bits per heavy atom. The third-order valence-corrected chi connectivity index (χ3v) is 5.70. The molecule has 3 nitrogen and oxygen atoms in total. The van der Waals surface area contributed by atoms with E-state index in [2.05, 4.69) is 33.0 Å². The minimum atomic E-state index is 0. The first-order valence-electron chi connectivity index (χ1n) is 7.07. The van der Waals surface area contributed by atoms with Crippen molar-refractivity contribution in [2.75, 3.05) is 13.1 Å². The first-order valence-corrected chi connectivity index (χ1v) is 8.68. The van der Waals surface area contributed by atoms with Crippen LogP contribution in [0.3, 0.4) is 0 Å². The van der Waals surface area contributed by atoms with E-state index in [1.165, 1.54) is 34.3 Å². The maximum atomic E-state index is 6.17. The molecule has 2 fully saturated rings. The zero-order valence-electron chi connectivity index (χ0n) is 11.4. The normalized spacial score (nSPS) is 26.9. The predicted octanol–water partition coefficient (Wildman–Crippen LogP) is 4.18. The molecule has 2 aliphatic rings. The highest BCUT2D eigenvalue weighted by Gasteiger charge is 2.39. The topological polar surface area (TPSA) is 41.6 Å². The van der Waals surface area contributed by atoms with Crippen LogP contribution in [0, 0.1) is 0 Å². The molecule has 0 spiro atoms. The number of hydrogen-bond donors (Lipinski definition) is 1. The molecule has 6 heteroatoms. The van der Waals surface area contributed by atoms with Crippen molar-refractivity contribution in [1.29, 1.82) is 0 Å². The van der Waals surface area contributed by atoms with Crippen molar-refractivity contribution in [1.82, 2.24) is 4.90 Å². The van der Waals surface area contributed by atoms with Gasteiger partial charge in [0.25, 0.3) is 0 Å². The number of hydrogen-bond acceptors (Lipinski definition) is 2. The molecule has 2 atom stereocenters. The van der Waals surface area contributed by atoms with Crippen LogP contribution >= 0.6 is 51.2 Å². The van der Waals surface area contributed by atoms with Gasteiger partial charge in [-0.1, -0.05) is 12.8 Å². The summed E-state index contributed by atoms with van der Waals surface area (Å²) in [4.78, 5) is 8.44. The third-order valence-electron chi connectivity index (χ3n) is 3.94. The summed E-state index contributed by atoms with van der Waals surface area (Å²) in [5.74, 6) is 1.37. The molecule has 2 N–H and O–H groups in total. The minimum absolute atomic E-state index is 0. The van der Waals surface area contributed by atoms with E-state index in [0.717, 1.165) is 25.5 Å². The highest BCUT2D eigenvalue weighted by Crippen LogP contribution is 2.46. The molecule has 0 aromatic carbocycles. The van der Waals surface area contributed by atoms with E-state index >= 15 is 0 Å². The van der Waals surface area contributed by atoms with E-state index < -0.39 is 0 Å². The maximum Gasteiger partial charge on any atom is 0.191 e. The Labute approximate surface area is 150 Å². The standard InChI is InChI=1S/C14H20BrN3S.HI/c15-13-6-5-12(19-13)10-9-11(10)17-14(16)18-7-3-1-2-4-8-18;/h5-6,10-11H,1-4,7-9H2,(H2,16,17);1H/t10-,11-;/m1./s1. The molecule has 3 rings (SSSR count). The summed E-state index contributed by atoms with van der Waals surface area (Å²) in [7, 11) is 0. The van der Waals surface area contributed by atoms with E-state index in [1.54, 1.807) is 0 Å². The molecule has 0 radical (unpaired) electrons. The quantitative estimate of drug-likeness (QED) is 0.401. The van der Waals surface area contributed by atoms with Crippen LogP contribution in [0.2, 0.25) is 0 Å². The second kappa shape index (κ2) is 7.45. The van der Waals surface area contributed by atoms with E-state index in [0.29, 0.717) is 12.0 Å². The largest absolute Gasteiger partial charge is 0.370 e. The Morgan fingerprint density at radius 2 is 1.95 bits per heavy atom. The van der Waals surface area contributed by atoms with Crippen LogP contribution in [0.15, 0.2) is 20.9 Å². The Bertz CT molecular complexity index is 469. The average Bonchev–Trinajstić information content (AvgIpc) is 3.09. The van der Waals surface area contributed by atoms with Crippen molar-refractivity contribution in [3.05, 3.63) is 20.8 Å². The Kier molecular flexibility index (Phi) is 6.16. The molecule has 112 valence electrons. The van der Waals surface area contributed by atoms with Crippen LogP contribution in [0.4, 0.5) is 0 Å². The van der Waals surface area contributed by atoms with Crippen molar-refractivity contribution in [2.45, 2.75) is 44.1 Å². The Morgan fingerprint density at radius 3 is 2.55 bits per heavy atom. The van der Waals surface area contributed by atoms with E-state index in [9.17, 15) is 0 Å². The molecule has 1 saturated heterocycles. The Hall–Kier alpha value is 0.180. The van der Waals surface area contributed by atoms with Crippen molar-refractivity contribution in [2.24, 2.45) is 10.7 Å². The molecule has 0 unspecified atom stereocenters. The van der Waals surface area contributed by atoms with Gasteiger partial charge in [-0.3, -0.25) is 0 Å². The molecule has 2 heterocycles. The summed E-state index contributed by atoms with van der Waals surface area (Å²) < 4.78 is 1.21. The minimum Gasteiger partial charge on any atom is -0.370 e.